The summed E-state index contributed by atoms with van der Waals surface area (Å²) < 4.78 is 11.2. The minimum atomic E-state index is -0.463. The molecule has 0 saturated heterocycles. The van der Waals surface area contributed by atoms with E-state index in [0.717, 1.165) is 11.3 Å². The van der Waals surface area contributed by atoms with E-state index in [0.29, 0.717) is 12.4 Å². The van der Waals surface area contributed by atoms with E-state index in [1.165, 1.54) is 0 Å². The molecule has 0 aliphatic carbocycles. The molecular formula is C13H16O3. The number of Topliss-reactive ketones (excluding diaryl/α,β-unsaturated/α-hetero) is 1. The maximum Gasteiger partial charge on any atom is 0.191 e. The topological polar surface area (TPSA) is 35.5 Å². The Bertz CT molecular complexity index is 410. The van der Waals surface area contributed by atoms with Gasteiger partial charge < -0.3 is 9.47 Å². The first-order valence-corrected chi connectivity index (χ1v) is 5.52. The monoisotopic (exact) mass is 220 g/mol. The Labute approximate surface area is 95.4 Å². The summed E-state index contributed by atoms with van der Waals surface area (Å²) in [6.07, 6.45) is -0.463. The van der Waals surface area contributed by atoms with Crippen molar-refractivity contribution in [2.24, 2.45) is 5.92 Å². The number of fused-ring (bicyclic) bond motifs is 1. The van der Waals surface area contributed by atoms with Crippen LogP contribution in [0.5, 0.6) is 11.5 Å². The third-order valence-electron chi connectivity index (χ3n) is 2.65. The Hall–Kier alpha value is -1.51. The van der Waals surface area contributed by atoms with Crippen molar-refractivity contribution in [3.63, 3.8) is 0 Å². The van der Waals surface area contributed by atoms with Crippen LogP contribution in [0.25, 0.3) is 0 Å². The third kappa shape index (κ3) is 2.03. The van der Waals surface area contributed by atoms with Crippen molar-refractivity contribution >= 4 is 5.78 Å². The molecule has 0 fully saturated rings. The Balaban J connectivity index is 2.18. The van der Waals surface area contributed by atoms with Crippen molar-refractivity contribution in [1.82, 2.24) is 0 Å². The molecule has 3 nitrogen and oxygen atoms in total. The summed E-state index contributed by atoms with van der Waals surface area (Å²) in [5, 5.41) is 0. The first kappa shape index (κ1) is 11.0. The molecule has 1 heterocycles. The van der Waals surface area contributed by atoms with E-state index in [1.54, 1.807) is 0 Å². The first-order valence-electron chi connectivity index (χ1n) is 5.52. The van der Waals surface area contributed by atoms with Crippen LogP contribution in [0.4, 0.5) is 0 Å². The molecule has 0 aromatic heterocycles. The van der Waals surface area contributed by atoms with Crippen LogP contribution in [0.3, 0.4) is 0 Å². The smallest absolute Gasteiger partial charge is 0.191 e. The molecule has 1 aliphatic rings. The number of benzene rings is 1. The molecule has 0 spiro atoms. The SMILES string of the molecule is Cc1ccc2c(c1)OCC(C(=O)C(C)C)O2. The second-order valence-corrected chi connectivity index (χ2v) is 4.42. The van der Waals surface area contributed by atoms with E-state index in [9.17, 15) is 4.79 Å². The highest BCUT2D eigenvalue weighted by molar-refractivity contribution is 5.85. The van der Waals surface area contributed by atoms with Gasteiger partial charge in [0.15, 0.2) is 23.4 Å². The minimum Gasteiger partial charge on any atom is -0.485 e. The fourth-order valence-corrected chi connectivity index (χ4v) is 1.69. The molecule has 86 valence electrons. The van der Waals surface area contributed by atoms with Crippen molar-refractivity contribution in [3.05, 3.63) is 23.8 Å². The molecule has 0 amide bonds. The average Bonchev–Trinajstić information content (AvgIpc) is 2.27. The molecule has 16 heavy (non-hydrogen) atoms. The van der Waals surface area contributed by atoms with E-state index in [2.05, 4.69) is 0 Å². The predicted octanol–water partition coefficient (Wildman–Crippen LogP) is 2.36. The summed E-state index contributed by atoms with van der Waals surface area (Å²) in [7, 11) is 0. The van der Waals surface area contributed by atoms with Gasteiger partial charge in [-0.05, 0) is 24.6 Å². The van der Waals surface area contributed by atoms with Gasteiger partial charge in [0.05, 0.1) is 0 Å². The summed E-state index contributed by atoms with van der Waals surface area (Å²) in [6.45, 7) is 6.05. The second-order valence-electron chi connectivity index (χ2n) is 4.42. The van der Waals surface area contributed by atoms with Gasteiger partial charge in [-0.1, -0.05) is 19.9 Å². The molecule has 1 aromatic rings. The van der Waals surface area contributed by atoms with Gasteiger partial charge in [-0.3, -0.25) is 4.79 Å². The van der Waals surface area contributed by atoms with Crippen LogP contribution >= 0.6 is 0 Å². The molecule has 1 atom stereocenters. The van der Waals surface area contributed by atoms with Crippen LogP contribution in [-0.4, -0.2) is 18.5 Å². The Kier molecular flexibility index (Phi) is 2.86. The number of aryl methyl sites for hydroxylation is 1. The molecule has 0 radical (unpaired) electrons. The van der Waals surface area contributed by atoms with Gasteiger partial charge in [-0.2, -0.15) is 0 Å². The Morgan fingerprint density at radius 2 is 2.12 bits per heavy atom. The summed E-state index contributed by atoms with van der Waals surface area (Å²) in [5.74, 6) is 1.45. The lowest BCUT2D eigenvalue weighted by molar-refractivity contribution is -0.131. The number of hydrogen-bond donors (Lipinski definition) is 0. The lowest BCUT2D eigenvalue weighted by atomic mass is 10.0. The minimum absolute atomic E-state index is 0.0272. The van der Waals surface area contributed by atoms with E-state index in [-0.39, 0.29) is 11.7 Å². The van der Waals surface area contributed by atoms with Crippen LogP contribution < -0.4 is 9.47 Å². The van der Waals surface area contributed by atoms with Crippen LogP contribution in [0, 0.1) is 12.8 Å². The molecule has 0 saturated carbocycles. The molecule has 0 N–H and O–H groups in total. The van der Waals surface area contributed by atoms with Crippen molar-refractivity contribution in [3.8, 4) is 11.5 Å². The fourth-order valence-electron chi connectivity index (χ4n) is 1.69. The molecule has 1 aromatic carbocycles. The van der Waals surface area contributed by atoms with Crippen molar-refractivity contribution in [2.75, 3.05) is 6.61 Å². The predicted molar refractivity (Wildman–Crippen MR) is 60.9 cm³/mol. The van der Waals surface area contributed by atoms with Gasteiger partial charge in [0.2, 0.25) is 0 Å². The summed E-state index contributed by atoms with van der Waals surface area (Å²) >= 11 is 0. The van der Waals surface area contributed by atoms with E-state index >= 15 is 0 Å². The largest absolute Gasteiger partial charge is 0.485 e. The fraction of sp³-hybridized carbons (Fsp3) is 0.462. The molecule has 2 rings (SSSR count). The first-order chi connectivity index (χ1) is 7.58. The zero-order chi connectivity index (χ0) is 11.7. The third-order valence-corrected chi connectivity index (χ3v) is 2.65. The van der Waals surface area contributed by atoms with Gasteiger partial charge in [-0.15, -0.1) is 0 Å². The number of ether oxygens (including phenoxy) is 2. The van der Waals surface area contributed by atoms with Crippen molar-refractivity contribution < 1.29 is 14.3 Å². The molecule has 0 bridgehead atoms. The van der Waals surface area contributed by atoms with Crippen LogP contribution in [0.1, 0.15) is 19.4 Å². The van der Waals surface area contributed by atoms with Gasteiger partial charge in [-0.25, -0.2) is 0 Å². The lowest BCUT2D eigenvalue weighted by Gasteiger charge is -2.26. The number of carbonyl (C=O) groups excluding carboxylic acids is 1. The van der Waals surface area contributed by atoms with Crippen LogP contribution in [-0.2, 0) is 4.79 Å². The molecule has 3 heteroatoms. The standard InChI is InChI=1S/C13H16O3/c1-8(2)13(14)12-7-15-11-6-9(3)4-5-10(11)16-12/h4-6,8,12H,7H2,1-3H3. The molecular weight excluding hydrogens is 204 g/mol. The molecule has 1 unspecified atom stereocenters. The number of hydrogen-bond acceptors (Lipinski definition) is 3. The van der Waals surface area contributed by atoms with Gasteiger partial charge in [0.1, 0.15) is 6.61 Å². The second kappa shape index (κ2) is 4.16. The highest BCUT2D eigenvalue weighted by Crippen LogP contribution is 2.32. The quantitative estimate of drug-likeness (QED) is 0.767. The summed E-state index contributed by atoms with van der Waals surface area (Å²) in [5.41, 5.74) is 1.12. The zero-order valence-corrected chi connectivity index (χ0v) is 9.82. The number of carbonyl (C=O) groups is 1. The number of rotatable bonds is 2. The van der Waals surface area contributed by atoms with Gasteiger partial charge in [0.25, 0.3) is 0 Å². The lowest BCUT2D eigenvalue weighted by Crippen LogP contribution is -2.38. The van der Waals surface area contributed by atoms with Gasteiger partial charge >= 0.3 is 0 Å². The van der Waals surface area contributed by atoms with E-state index in [4.69, 9.17) is 9.47 Å². The summed E-state index contributed by atoms with van der Waals surface area (Å²) in [4.78, 5) is 11.8. The molecule has 1 aliphatic heterocycles. The highest BCUT2D eigenvalue weighted by Gasteiger charge is 2.28. The summed E-state index contributed by atoms with van der Waals surface area (Å²) in [6, 6.07) is 5.72. The van der Waals surface area contributed by atoms with Crippen molar-refractivity contribution in [1.29, 1.82) is 0 Å². The maximum absolute atomic E-state index is 11.8. The van der Waals surface area contributed by atoms with Crippen LogP contribution in [0.2, 0.25) is 0 Å². The Morgan fingerprint density at radius 3 is 2.81 bits per heavy atom. The van der Waals surface area contributed by atoms with E-state index in [1.807, 2.05) is 39.0 Å². The van der Waals surface area contributed by atoms with Crippen LogP contribution in [0.15, 0.2) is 18.2 Å². The number of ketones is 1. The van der Waals surface area contributed by atoms with Crippen molar-refractivity contribution in [2.45, 2.75) is 26.9 Å². The highest BCUT2D eigenvalue weighted by atomic mass is 16.6. The average molecular weight is 220 g/mol. The van der Waals surface area contributed by atoms with E-state index < -0.39 is 6.10 Å². The normalized spacial score (nSPS) is 18.6. The Morgan fingerprint density at radius 1 is 1.38 bits per heavy atom. The zero-order valence-electron chi connectivity index (χ0n) is 9.82. The maximum atomic E-state index is 11.8. The van der Waals surface area contributed by atoms with Gasteiger partial charge in [0, 0.05) is 5.92 Å².